The highest BCUT2D eigenvalue weighted by Crippen LogP contribution is 2.29. The lowest BCUT2D eigenvalue weighted by atomic mass is 10.2. The van der Waals surface area contributed by atoms with Crippen LogP contribution >= 0.6 is 11.3 Å². The number of anilines is 1. The van der Waals surface area contributed by atoms with E-state index in [2.05, 4.69) is 4.98 Å². The average molecular weight is 230 g/mol. The van der Waals surface area contributed by atoms with Crippen molar-refractivity contribution in [2.24, 2.45) is 0 Å². The molecule has 15 heavy (non-hydrogen) atoms. The number of rotatable bonds is 3. The van der Waals surface area contributed by atoms with Crippen LogP contribution in [0.1, 0.15) is 19.0 Å². The Morgan fingerprint density at radius 2 is 2.53 bits per heavy atom. The van der Waals surface area contributed by atoms with Crippen molar-refractivity contribution in [3.05, 3.63) is 11.1 Å². The summed E-state index contributed by atoms with van der Waals surface area (Å²) >= 11 is 1.53. The highest BCUT2D eigenvalue weighted by molar-refractivity contribution is 7.13. The molecule has 3 nitrogen and oxygen atoms in total. The molecule has 2 rings (SSSR count). The van der Waals surface area contributed by atoms with Crippen molar-refractivity contribution in [2.45, 2.75) is 32.0 Å². The summed E-state index contributed by atoms with van der Waals surface area (Å²) in [6.07, 6.45) is 0.473. The predicted octanol–water partition coefficient (Wildman–Crippen LogP) is 1.61. The summed E-state index contributed by atoms with van der Waals surface area (Å²) in [7, 11) is 0. The van der Waals surface area contributed by atoms with Gasteiger partial charge < -0.3 is 10.0 Å². The Morgan fingerprint density at radius 1 is 1.73 bits per heavy atom. The van der Waals surface area contributed by atoms with E-state index in [0.29, 0.717) is 13.0 Å². The van der Waals surface area contributed by atoms with Gasteiger partial charge in [0.05, 0.1) is 24.9 Å². The van der Waals surface area contributed by atoms with E-state index in [9.17, 15) is 4.39 Å². The van der Waals surface area contributed by atoms with E-state index in [-0.39, 0.29) is 12.6 Å². The van der Waals surface area contributed by atoms with E-state index in [4.69, 9.17) is 5.11 Å². The zero-order valence-electron chi connectivity index (χ0n) is 8.69. The number of aromatic nitrogens is 1. The molecule has 1 aromatic rings. The SMILES string of the molecule is CCc1csc(N2C[C@@H](F)C[C@@H]2CO)n1. The fraction of sp³-hybridized carbons (Fsp3) is 0.700. The van der Waals surface area contributed by atoms with Gasteiger partial charge in [-0.15, -0.1) is 11.3 Å². The summed E-state index contributed by atoms with van der Waals surface area (Å²) in [6, 6.07) is -0.101. The lowest BCUT2D eigenvalue weighted by Gasteiger charge is -2.21. The Balaban J connectivity index is 2.15. The monoisotopic (exact) mass is 230 g/mol. The average Bonchev–Trinajstić information content (AvgIpc) is 2.82. The van der Waals surface area contributed by atoms with Gasteiger partial charge in [0.25, 0.3) is 0 Å². The number of nitrogens with zero attached hydrogens (tertiary/aromatic N) is 2. The summed E-state index contributed by atoms with van der Waals surface area (Å²) in [5.74, 6) is 0. The van der Waals surface area contributed by atoms with E-state index in [1.54, 1.807) is 0 Å². The number of aliphatic hydroxyl groups excluding tert-OH is 1. The van der Waals surface area contributed by atoms with Crippen LogP contribution in [0.2, 0.25) is 0 Å². The number of halogens is 1. The van der Waals surface area contributed by atoms with Gasteiger partial charge in [0, 0.05) is 11.8 Å². The van der Waals surface area contributed by atoms with Crippen LogP contribution < -0.4 is 4.90 Å². The van der Waals surface area contributed by atoms with E-state index < -0.39 is 6.17 Å². The van der Waals surface area contributed by atoms with Crippen molar-refractivity contribution >= 4 is 16.5 Å². The van der Waals surface area contributed by atoms with Crippen molar-refractivity contribution in [3.63, 3.8) is 0 Å². The second kappa shape index (κ2) is 4.45. The van der Waals surface area contributed by atoms with E-state index in [1.807, 2.05) is 17.2 Å². The minimum absolute atomic E-state index is 0.00145. The minimum atomic E-state index is -0.837. The van der Waals surface area contributed by atoms with Crippen LogP contribution in [0.5, 0.6) is 0 Å². The highest BCUT2D eigenvalue weighted by Gasteiger charge is 2.33. The molecule has 0 spiro atoms. The van der Waals surface area contributed by atoms with E-state index in [0.717, 1.165) is 17.2 Å². The van der Waals surface area contributed by atoms with Gasteiger partial charge in [-0.1, -0.05) is 6.92 Å². The van der Waals surface area contributed by atoms with Crippen LogP contribution in [0.25, 0.3) is 0 Å². The molecule has 2 heterocycles. The molecular weight excluding hydrogens is 215 g/mol. The van der Waals surface area contributed by atoms with Crippen LogP contribution in [0.3, 0.4) is 0 Å². The van der Waals surface area contributed by atoms with Gasteiger partial charge in [-0.25, -0.2) is 9.37 Å². The van der Waals surface area contributed by atoms with Gasteiger partial charge in [0.2, 0.25) is 0 Å². The molecule has 0 unspecified atom stereocenters. The Hall–Kier alpha value is -0.680. The molecule has 0 bridgehead atoms. The smallest absolute Gasteiger partial charge is 0.185 e. The number of hydrogen-bond donors (Lipinski definition) is 1. The first-order valence-corrected chi connectivity index (χ1v) is 6.08. The number of thiazole rings is 1. The Morgan fingerprint density at radius 3 is 3.13 bits per heavy atom. The summed E-state index contributed by atoms with van der Waals surface area (Å²) in [4.78, 5) is 6.29. The Kier molecular flexibility index (Phi) is 3.21. The number of aryl methyl sites for hydroxylation is 1. The lowest BCUT2D eigenvalue weighted by Crippen LogP contribution is -2.32. The highest BCUT2D eigenvalue weighted by atomic mass is 32.1. The molecule has 0 amide bonds. The third kappa shape index (κ3) is 2.13. The second-order valence-corrected chi connectivity index (χ2v) is 4.63. The first-order valence-electron chi connectivity index (χ1n) is 5.20. The molecule has 1 N–H and O–H groups in total. The van der Waals surface area contributed by atoms with Crippen molar-refractivity contribution in [1.82, 2.24) is 4.98 Å². The third-order valence-electron chi connectivity index (χ3n) is 2.72. The molecule has 1 aliphatic heterocycles. The van der Waals surface area contributed by atoms with Crippen LogP contribution in [-0.4, -0.2) is 35.5 Å². The fourth-order valence-electron chi connectivity index (χ4n) is 1.86. The van der Waals surface area contributed by atoms with Crippen molar-refractivity contribution in [2.75, 3.05) is 18.1 Å². The quantitative estimate of drug-likeness (QED) is 0.857. The van der Waals surface area contributed by atoms with Gasteiger partial charge in [0.15, 0.2) is 5.13 Å². The Labute approximate surface area is 92.6 Å². The van der Waals surface area contributed by atoms with Gasteiger partial charge >= 0.3 is 0 Å². The van der Waals surface area contributed by atoms with Crippen LogP contribution in [0, 0.1) is 0 Å². The molecule has 5 heteroatoms. The maximum atomic E-state index is 13.2. The zero-order chi connectivity index (χ0) is 10.8. The molecule has 2 atom stereocenters. The first kappa shape index (κ1) is 10.8. The predicted molar refractivity (Wildman–Crippen MR) is 59.2 cm³/mol. The van der Waals surface area contributed by atoms with Crippen molar-refractivity contribution in [1.29, 1.82) is 0 Å². The molecule has 0 aromatic carbocycles. The maximum absolute atomic E-state index is 13.2. The Bertz CT molecular complexity index is 331. The minimum Gasteiger partial charge on any atom is -0.394 e. The zero-order valence-corrected chi connectivity index (χ0v) is 9.50. The number of hydrogen-bond acceptors (Lipinski definition) is 4. The summed E-state index contributed by atoms with van der Waals surface area (Å²) in [5, 5.41) is 12.0. The normalized spacial score (nSPS) is 26.2. The van der Waals surface area contributed by atoms with Crippen molar-refractivity contribution < 1.29 is 9.50 Å². The van der Waals surface area contributed by atoms with E-state index >= 15 is 0 Å². The van der Waals surface area contributed by atoms with Crippen LogP contribution in [0.15, 0.2) is 5.38 Å². The lowest BCUT2D eigenvalue weighted by molar-refractivity contribution is 0.255. The molecule has 1 saturated heterocycles. The van der Waals surface area contributed by atoms with Crippen LogP contribution in [0.4, 0.5) is 9.52 Å². The molecule has 1 aliphatic rings. The number of alkyl halides is 1. The molecule has 0 saturated carbocycles. The van der Waals surface area contributed by atoms with Gasteiger partial charge in [-0.05, 0) is 6.42 Å². The molecule has 1 fully saturated rings. The molecule has 1 aromatic heterocycles. The summed E-state index contributed by atoms with van der Waals surface area (Å²) in [6.45, 7) is 2.41. The molecule has 84 valence electrons. The fourth-order valence-corrected chi connectivity index (χ4v) is 2.85. The van der Waals surface area contributed by atoms with Crippen molar-refractivity contribution in [3.8, 4) is 0 Å². The molecule has 0 radical (unpaired) electrons. The summed E-state index contributed by atoms with van der Waals surface area (Å²) < 4.78 is 13.2. The largest absolute Gasteiger partial charge is 0.394 e. The molecule has 0 aliphatic carbocycles. The standard InChI is InChI=1S/C10H15FN2OS/c1-2-8-6-15-10(12-8)13-4-7(11)3-9(13)5-14/h6-7,9,14H,2-5H2,1H3/t7-,9+/m0/s1. The number of aliphatic hydroxyl groups is 1. The van der Waals surface area contributed by atoms with E-state index in [1.165, 1.54) is 11.3 Å². The maximum Gasteiger partial charge on any atom is 0.185 e. The topological polar surface area (TPSA) is 36.4 Å². The summed E-state index contributed by atoms with van der Waals surface area (Å²) in [5.41, 5.74) is 1.04. The second-order valence-electron chi connectivity index (χ2n) is 3.80. The van der Waals surface area contributed by atoms with Gasteiger partial charge in [-0.3, -0.25) is 0 Å². The third-order valence-corrected chi connectivity index (χ3v) is 3.65. The van der Waals surface area contributed by atoms with Crippen LogP contribution in [-0.2, 0) is 6.42 Å². The molecular formula is C10H15FN2OS. The van der Waals surface area contributed by atoms with Gasteiger partial charge in [0.1, 0.15) is 6.17 Å². The van der Waals surface area contributed by atoms with Gasteiger partial charge in [-0.2, -0.15) is 0 Å². The first-order chi connectivity index (χ1) is 7.24.